The lowest BCUT2D eigenvalue weighted by Gasteiger charge is -2.19. The largest absolute Gasteiger partial charge is 0.306 e. The number of hydrogen-bond acceptors (Lipinski definition) is 4. The van der Waals surface area contributed by atoms with Crippen molar-refractivity contribution in [3.8, 4) is 0 Å². The zero-order chi connectivity index (χ0) is 14.6. The lowest BCUT2D eigenvalue weighted by molar-refractivity contribution is 0.423. The Morgan fingerprint density at radius 1 is 1.05 bits per heavy atom. The number of benzene rings is 1. The minimum Gasteiger partial charge on any atom is -0.306 e. The summed E-state index contributed by atoms with van der Waals surface area (Å²) >= 11 is 1.71. The van der Waals surface area contributed by atoms with E-state index in [1.54, 1.807) is 11.3 Å². The molecular weight excluding hydrogens is 266 g/mol. The molecule has 0 bridgehead atoms. The monoisotopic (exact) mass is 289 g/mol. The molecule has 0 spiro atoms. The SMILES string of the molecule is Cc1ccccc1CCc1nnc(CNC(C)(C)C)s1. The molecule has 108 valence electrons. The quantitative estimate of drug-likeness (QED) is 0.915. The molecule has 1 N–H and O–H groups in total. The normalized spacial score (nSPS) is 11.8. The summed E-state index contributed by atoms with van der Waals surface area (Å²) in [5, 5.41) is 14.2. The molecule has 0 fully saturated rings. The third-order valence-corrected chi connectivity index (χ3v) is 4.13. The van der Waals surface area contributed by atoms with E-state index in [2.05, 4.69) is 67.5 Å². The number of hydrogen-bond donors (Lipinski definition) is 1. The van der Waals surface area contributed by atoms with Crippen LogP contribution in [0.5, 0.6) is 0 Å². The average Bonchev–Trinajstić information content (AvgIpc) is 2.83. The molecule has 1 heterocycles. The van der Waals surface area contributed by atoms with Crippen molar-refractivity contribution in [3.05, 3.63) is 45.4 Å². The van der Waals surface area contributed by atoms with Crippen molar-refractivity contribution in [1.29, 1.82) is 0 Å². The third-order valence-electron chi connectivity index (χ3n) is 3.15. The predicted molar refractivity (Wildman–Crippen MR) is 85.1 cm³/mol. The summed E-state index contributed by atoms with van der Waals surface area (Å²) in [6, 6.07) is 8.54. The van der Waals surface area contributed by atoms with Crippen LogP contribution in [0.2, 0.25) is 0 Å². The van der Waals surface area contributed by atoms with Gasteiger partial charge in [0.2, 0.25) is 0 Å². The lowest BCUT2D eigenvalue weighted by Crippen LogP contribution is -2.35. The molecule has 0 amide bonds. The first-order valence-corrected chi connectivity index (χ1v) is 7.86. The predicted octanol–water partition coefficient (Wildman–Crippen LogP) is 3.52. The molecule has 0 aliphatic carbocycles. The first-order valence-electron chi connectivity index (χ1n) is 7.05. The number of aryl methyl sites for hydroxylation is 3. The first-order chi connectivity index (χ1) is 9.44. The second-order valence-electron chi connectivity index (χ2n) is 6.12. The molecule has 0 saturated heterocycles. The van der Waals surface area contributed by atoms with Gasteiger partial charge in [-0.15, -0.1) is 21.5 Å². The highest BCUT2D eigenvalue weighted by Crippen LogP contribution is 2.15. The van der Waals surface area contributed by atoms with Gasteiger partial charge in [0.15, 0.2) is 0 Å². The Labute approximate surface area is 125 Å². The maximum absolute atomic E-state index is 4.29. The van der Waals surface area contributed by atoms with Gasteiger partial charge in [-0.2, -0.15) is 0 Å². The molecule has 1 aromatic carbocycles. The van der Waals surface area contributed by atoms with Gasteiger partial charge in [-0.25, -0.2) is 0 Å². The number of nitrogens with one attached hydrogen (secondary N) is 1. The Morgan fingerprint density at radius 2 is 1.75 bits per heavy atom. The zero-order valence-electron chi connectivity index (χ0n) is 12.7. The molecule has 0 aliphatic rings. The van der Waals surface area contributed by atoms with E-state index < -0.39 is 0 Å². The van der Waals surface area contributed by atoms with Crippen LogP contribution in [-0.4, -0.2) is 15.7 Å². The third kappa shape index (κ3) is 4.69. The second kappa shape index (κ2) is 6.46. The Kier molecular flexibility index (Phi) is 4.89. The number of aromatic nitrogens is 2. The Balaban J connectivity index is 1.89. The molecule has 1 aromatic heterocycles. The average molecular weight is 289 g/mol. The Bertz CT molecular complexity index is 555. The highest BCUT2D eigenvalue weighted by molar-refractivity contribution is 7.11. The van der Waals surface area contributed by atoms with Gasteiger partial charge in [-0.1, -0.05) is 24.3 Å². The fraction of sp³-hybridized carbons (Fsp3) is 0.500. The number of nitrogens with zero attached hydrogens (tertiary/aromatic N) is 2. The van der Waals surface area contributed by atoms with E-state index in [0.29, 0.717) is 0 Å². The van der Waals surface area contributed by atoms with E-state index in [1.807, 2.05) is 0 Å². The summed E-state index contributed by atoms with van der Waals surface area (Å²) in [5.74, 6) is 0. The van der Waals surface area contributed by atoms with Crippen LogP contribution in [0.1, 0.15) is 41.9 Å². The van der Waals surface area contributed by atoms with Gasteiger partial charge in [0, 0.05) is 12.0 Å². The van der Waals surface area contributed by atoms with Crippen LogP contribution in [-0.2, 0) is 19.4 Å². The van der Waals surface area contributed by atoms with Crippen molar-refractivity contribution in [2.45, 2.75) is 52.6 Å². The van der Waals surface area contributed by atoms with Crippen LogP contribution in [0.25, 0.3) is 0 Å². The number of rotatable bonds is 5. The van der Waals surface area contributed by atoms with Gasteiger partial charge in [-0.05, 0) is 45.2 Å². The van der Waals surface area contributed by atoms with Gasteiger partial charge in [0.1, 0.15) is 10.0 Å². The van der Waals surface area contributed by atoms with Crippen molar-refractivity contribution < 1.29 is 0 Å². The van der Waals surface area contributed by atoms with Gasteiger partial charge in [0.05, 0.1) is 6.54 Å². The molecule has 4 heteroatoms. The first kappa shape index (κ1) is 15.1. The van der Waals surface area contributed by atoms with Crippen molar-refractivity contribution in [2.24, 2.45) is 0 Å². The molecule has 20 heavy (non-hydrogen) atoms. The lowest BCUT2D eigenvalue weighted by atomic mass is 10.0. The summed E-state index contributed by atoms with van der Waals surface area (Å²) in [7, 11) is 0. The molecular formula is C16H23N3S. The van der Waals surface area contributed by atoms with Crippen LogP contribution in [0, 0.1) is 6.92 Å². The summed E-state index contributed by atoms with van der Waals surface area (Å²) in [6.07, 6.45) is 2.01. The van der Waals surface area contributed by atoms with E-state index in [9.17, 15) is 0 Å². The molecule has 2 rings (SSSR count). The standard InChI is InChI=1S/C16H23N3S/c1-12-7-5-6-8-13(12)9-10-14-18-19-15(20-14)11-17-16(2,3)4/h5-8,17H,9-11H2,1-4H3. The molecule has 0 atom stereocenters. The maximum Gasteiger partial charge on any atom is 0.131 e. The van der Waals surface area contributed by atoms with E-state index >= 15 is 0 Å². The van der Waals surface area contributed by atoms with E-state index in [1.165, 1.54) is 11.1 Å². The second-order valence-corrected chi connectivity index (χ2v) is 7.27. The van der Waals surface area contributed by atoms with Gasteiger partial charge in [-0.3, -0.25) is 0 Å². The van der Waals surface area contributed by atoms with E-state index in [4.69, 9.17) is 0 Å². The van der Waals surface area contributed by atoms with Crippen molar-refractivity contribution in [2.75, 3.05) is 0 Å². The van der Waals surface area contributed by atoms with Crippen LogP contribution in [0.4, 0.5) is 0 Å². The molecule has 2 aromatic rings. The highest BCUT2D eigenvalue weighted by atomic mass is 32.1. The van der Waals surface area contributed by atoms with E-state index in [0.717, 1.165) is 29.4 Å². The van der Waals surface area contributed by atoms with Crippen molar-refractivity contribution in [1.82, 2.24) is 15.5 Å². The van der Waals surface area contributed by atoms with Gasteiger partial charge >= 0.3 is 0 Å². The van der Waals surface area contributed by atoms with Crippen LogP contribution in [0.15, 0.2) is 24.3 Å². The van der Waals surface area contributed by atoms with Crippen molar-refractivity contribution >= 4 is 11.3 Å². The Hall–Kier alpha value is -1.26. The summed E-state index contributed by atoms with van der Waals surface area (Å²) < 4.78 is 0. The van der Waals surface area contributed by atoms with Crippen molar-refractivity contribution in [3.63, 3.8) is 0 Å². The minimum absolute atomic E-state index is 0.118. The highest BCUT2D eigenvalue weighted by Gasteiger charge is 2.11. The van der Waals surface area contributed by atoms with Gasteiger partial charge < -0.3 is 5.32 Å². The minimum atomic E-state index is 0.118. The fourth-order valence-corrected chi connectivity index (χ4v) is 2.72. The Morgan fingerprint density at radius 3 is 2.45 bits per heavy atom. The topological polar surface area (TPSA) is 37.8 Å². The smallest absolute Gasteiger partial charge is 0.131 e. The molecule has 0 radical (unpaired) electrons. The zero-order valence-corrected chi connectivity index (χ0v) is 13.5. The maximum atomic E-state index is 4.29. The summed E-state index contributed by atoms with van der Waals surface area (Å²) in [5.41, 5.74) is 2.87. The fourth-order valence-electron chi connectivity index (χ4n) is 1.93. The molecule has 0 unspecified atom stereocenters. The molecule has 0 aliphatic heterocycles. The summed E-state index contributed by atoms with van der Waals surface area (Å²) in [6.45, 7) is 9.44. The summed E-state index contributed by atoms with van der Waals surface area (Å²) in [4.78, 5) is 0. The van der Waals surface area contributed by atoms with E-state index in [-0.39, 0.29) is 5.54 Å². The van der Waals surface area contributed by atoms with Gasteiger partial charge in [0.25, 0.3) is 0 Å². The van der Waals surface area contributed by atoms with Crippen LogP contribution in [0.3, 0.4) is 0 Å². The van der Waals surface area contributed by atoms with Crippen LogP contribution < -0.4 is 5.32 Å². The molecule has 3 nitrogen and oxygen atoms in total. The van der Waals surface area contributed by atoms with Crippen LogP contribution >= 0.6 is 11.3 Å². The molecule has 0 saturated carbocycles.